The zero-order valence-electron chi connectivity index (χ0n) is 15.8. The Morgan fingerprint density at radius 2 is 1.86 bits per heavy atom. The molecule has 0 spiro atoms. The molecule has 7 heteroatoms. The average Bonchev–Trinajstić information content (AvgIpc) is 2.68. The first-order valence-electron chi connectivity index (χ1n) is 9.17. The van der Waals surface area contributed by atoms with Gasteiger partial charge in [-0.1, -0.05) is 24.6 Å². The maximum absolute atomic E-state index is 12.7. The maximum atomic E-state index is 12.7. The van der Waals surface area contributed by atoms with Crippen LogP contribution in [0.1, 0.15) is 36.0 Å². The maximum Gasteiger partial charge on any atom is 0.257 e. The first-order chi connectivity index (χ1) is 13.1. The lowest BCUT2D eigenvalue weighted by molar-refractivity contribution is -0.120. The van der Waals surface area contributed by atoms with E-state index in [2.05, 4.69) is 10.6 Å². The number of carbonyl (C=O) groups is 2. The fourth-order valence-corrected chi connectivity index (χ4v) is 3.39. The molecule has 1 aliphatic carbocycles. The molecule has 0 aliphatic heterocycles. The van der Waals surface area contributed by atoms with E-state index in [1.165, 1.54) is 0 Å². The molecule has 0 aromatic heterocycles. The zero-order chi connectivity index (χ0) is 19.2. The summed E-state index contributed by atoms with van der Waals surface area (Å²) >= 11 is 0. The molecule has 0 radical (unpaired) electrons. The van der Waals surface area contributed by atoms with Gasteiger partial charge in [0.05, 0.1) is 18.4 Å². The van der Waals surface area contributed by atoms with Crippen molar-refractivity contribution in [2.45, 2.75) is 31.7 Å². The number of para-hydroxylation sites is 1. The molecule has 3 rings (SSSR count). The lowest BCUT2D eigenvalue weighted by Crippen LogP contribution is -2.34. The van der Waals surface area contributed by atoms with Crippen molar-refractivity contribution in [2.24, 2.45) is 11.7 Å². The van der Waals surface area contributed by atoms with Gasteiger partial charge in [0.2, 0.25) is 5.91 Å². The van der Waals surface area contributed by atoms with Crippen LogP contribution in [0, 0.1) is 5.92 Å². The van der Waals surface area contributed by atoms with Crippen LogP contribution < -0.4 is 21.1 Å². The molecule has 6 nitrogen and oxygen atoms in total. The Hall–Kier alpha value is -2.57. The minimum absolute atomic E-state index is 0. The third kappa shape index (κ3) is 5.47. The SMILES string of the molecule is COc1cccc(NC(=O)c2ccccc2NC(=O)C2CCCC(N)C2)c1.Cl. The zero-order valence-corrected chi connectivity index (χ0v) is 16.6. The Balaban J connectivity index is 0.00000280. The smallest absolute Gasteiger partial charge is 0.257 e. The summed E-state index contributed by atoms with van der Waals surface area (Å²) in [6.07, 6.45) is 3.43. The van der Waals surface area contributed by atoms with Gasteiger partial charge in [0.15, 0.2) is 0 Å². The van der Waals surface area contributed by atoms with Gasteiger partial charge in [0.1, 0.15) is 5.75 Å². The van der Waals surface area contributed by atoms with Crippen LogP contribution in [0.2, 0.25) is 0 Å². The average molecular weight is 404 g/mol. The van der Waals surface area contributed by atoms with Crippen LogP contribution in [0.3, 0.4) is 0 Å². The van der Waals surface area contributed by atoms with Crippen LogP contribution in [0.25, 0.3) is 0 Å². The van der Waals surface area contributed by atoms with Gasteiger partial charge in [0, 0.05) is 23.7 Å². The minimum Gasteiger partial charge on any atom is -0.497 e. The normalized spacial score (nSPS) is 18.5. The van der Waals surface area contributed by atoms with Crippen molar-refractivity contribution in [3.63, 3.8) is 0 Å². The van der Waals surface area contributed by atoms with Gasteiger partial charge in [-0.3, -0.25) is 9.59 Å². The Bertz CT molecular complexity index is 828. The first-order valence-corrected chi connectivity index (χ1v) is 9.17. The number of hydrogen-bond acceptors (Lipinski definition) is 4. The topological polar surface area (TPSA) is 93.5 Å². The predicted molar refractivity (Wildman–Crippen MR) is 113 cm³/mol. The van der Waals surface area contributed by atoms with Gasteiger partial charge in [-0.05, 0) is 43.5 Å². The monoisotopic (exact) mass is 403 g/mol. The summed E-state index contributed by atoms with van der Waals surface area (Å²) < 4.78 is 5.18. The summed E-state index contributed by atoms with van der Waals surface area (Å²) in [5.41, 5.74) is 7.53. The van der Waals surface area contributed by atoms with Crippen molar-refractivity contribution in [1.82, 2.24) is 0 Å². The van der Waals surface area contributed by atoms with E-state index >= 15 is 0 Å². The molecular formula is C21H26ClN3O3. The summed E-state index contributed by atoms with van der Waals surface area (Å²) in [5, 5.41) is 5.75. The highest BCUT2D eigenvalue weighted by molar-refractivity contribution is 6.10. The van der Waals surface area contributed by atoms with E-state index in [4.69, 9.17) is 10.5 Å². The second kappa shape index (κ2) is 10.1. The fraction of sp³-hybridized carbons (Fsp3) is 0.333. The van der Waals surface area contributed by atoms with Gasteiger partial charge in [-0.15, -0.1) is 12.4 Å². The van der Waals surface area contributed by atoms with Crippen LogP contribution >= 0.6 is 12.4 Å². The summed E-state index contributed by atoms with van der Waals surface area (Å²) in [6.45, 7) is 0. The van der Waals surface area contributed by atoms with Crippen molar-refractivity contribution in [3.8, 4) is 5.75 Å². The number of anilines is 2. The summed E-state index contributed by atoms with van der Waals surface area (Å²) in [7, 11) is 1.57. The minimum atomic E-state index is -0.292. The number of halogens is 1. The molecule has 2 aromatic rings. The molecule has 1 saturated carbocycles. The van der Waals surface area contributed by atoms with E-state index in [0.29, 0.717) is 29.1 Å². The Labute approximate surface area is 171 Å². The molecule has 0 saturated heterocycles. The highest BCUT2D eigenvalue weighted by atomic mass is 35.5. The van der Waals surface area contributed by atoms with Crippen LogP contribution in [0.4, 0.5) is 11.4 Å². The van der Waals surface area contributed by atoms with Crippen molar-refractivity contribution >= 4 is 35.6 Å². The van der Waals surface area contributed by atoms with E-state index in [9.17, 15) is 9.59 Å². The Morgan fingerprint density at radius 1 is 1.07 bits per heavy atom. The molecular weight excluding hydrogens is 378 g/mol. The highest BCUT2D eigenvalue weighted by Gasteiger charge is 2.26. The molecule has 4 N–H and O–H groups in total. The first kappa shape index (κ1) is 21.7. The van der Waals surface area contributed by atoms with Crippen LogP contribution in [0.5, 0.6) is 5.75 Å². The summed E-state index contributed by atoms with van der Waals surface area (Å²) in [5.74, 6) is 0.178. The molecule has 0 heterocycles. The van der Waals surface area contributed by atoms with Gasteiger partial charge in [0.25, 0.3) is 5.91 Å². The molecule has 1 aliphatic rings. The molecule has 2 amide bonds. The lowest BCUT2D eigenvalue weighted by Gasteiger charge is -2.26. The second-order valence-electron chi connectivity index (χ2n) is 6.84. The molecule has 1 fully saturated rings. The van der Waals surface area contributed by atoms with Crippen LogP contribution in [0.15, 0.2) is 48.5 Å². The highest BCUT2D eigenvalue weighted by Crippen LogP contribution is 2.26. The third-order valence-corrected chi connectivity index (χ3v) is 4.84. The van der Waals surface area contributed by atoms with Crippen molar-refractivity contribution < 1.29 is 14.3 Å². The van der Waals surface area contributed by atoms with Crippen molar-refractivity contribution in [1.29, 1.82) is 0 Å². The largest absolute Gasteiger partial charge is 0.497 e. The quantitative estimate of drug-likeness (QED) is 0.707. The summed E-state index contributed by atoms with van der Waals surface area (Å²) in [6, 6.07) is 14.2. The van der Waals surface area contributed by atoms with Gasteiger partial charge in [-0.25, -0.2) is 0 Å². The van der Waals surface area contributed by atoms with Crippen LogP contribution in [-0.2, 0) is 4.79 Å². The van der Waals surface area contributed by atoms with E-state index in [1.54, 1.807) is 55.6 Å². The van der Waals surface area contributed by atoms with Gasteiger partial charge in [-0.2, -0.15) is 0 Å². The number of hydrogen-bond donors (Lipinski definition) is 3. The number of rotatable bonds is 5. The van der Waals surface area contributed by atoms with Crippen LogP contribution in [-0.4, -0.2) is 25.0 Å². The van der Waals surface area contributed by atoms with Gasteiger partial charge < -0.3 is 21.1 Å². The number of nitrogens with two attached hydrogens (primary N) is 1. The molecule has 0 bridgehead atoms. The second-order valence-corrected chi connectivity index (χ2v) is 6.84. The molecule has 2 unspecified atom stereocenters. The predicted octanol–water partition coefficient (Wildman–Crippen LogP) is 3.83. The fourth-order valence-electron chi connectivity index (χ4n) is 3.39. The Morgan fingerprint density at radius 3 is 2.61 bits per heavy atom. The van der Waals surface area contributed by atoms with E-state index in [1.807, 2.05) is 0 Å². The third-order valence-electron chi connectivity index (χ3n) is 4.84. The molecule has 28 heavy (non-hydrogen) atoms. The molecule has 2 atom stereocenters. The number of nitrogens with one attached hydrogen (secondary N) is 2. The lowest BCUT2D eigenvalue weighted by atomic mass is 9.85. The van der Waals surface area contributed by atoms with Gasteiger partial charge >= 0.3 is 0 Å². The van der Waals surface area contributed by atoms with E-state index in [-0.39, 0.29) is 36.2 Å². The van der Waals surface area contributed by atoms with E-state index < -0.39 is 0 Å². The number of ether oxygens (including phenoxy) is 1. The number of amides is 2. The number of methoxy groups -OCH3 is 1. The molecule has 2 aromatic carbocycles. The van der Waals surface area contributed by atoms with Crippen molar-refractivity contribution in [3.05, 3.63) is 54.1 Å². The van der Waals surface area contributed by atoms with E-state index in [0.717, 1.165) is 19.3 Å². The summed E-state index contributed by atoms with van der Waals surface area (Å²) in [4.78, 5) is 25.3. The van der Waals surface area contributed by atoms with Crippen molar-refractivity contribution in [2.75, 3.05) is 17.7 Å². The molecule has 150 valence electrons. The standard InChI is InChI=1S/C21H25N3O3.ClH/c1-27-17-9-5-8-16(13-17)23-21(26)18-10-2-3-11-19(18)24-20(25)14-6-4-7-15(22)12-14;/h2-3,5,8-11,13-15H,4,6-7,12,22H2,1H3,(H,23,26)(H,24,25);1H. The Kier molecular flexibility index (Phi) is 7.84. The number of benzene rings is 2. The number of carbonyl (C=O) groups excluding carboxylic acids is 2.